The van der Waals surface area contributed by atoms with Crippen LogP contribution in [0, 0.1) is 5.82 Å². The van der Waals surface area contributed by atoms with Gasteiger partial charge in [-0.3, -0.25) is 9.48 Å². The standard InChI is InChI=1S/C14H15FN2O2/c1-9(2)17-8-12(7-16-17)19-14-5-4-11(15)6-13(14)10(3)18/h4-9H,1-3H3. The van der Waals surface area contributed by atoms with Crippen molar-refractivity contribution in [3.63, 3.8) is 0 Å². The molecule has 0 amide bonds. The first-order valence-corrected chi connectivity index (χ1v) is 6.00. The summed E-state index contributed by atoms with van der Waals surface area (Å²) < 4.78 is 20.5. The molecular formula is C14H15FN2O2. The van der Waals surface area contributed by atoms with Crippen LogP contribution >= 0.6 is 0 Å². The normalized spacial score (nSPS) is 10.8. The van der Waals surface area contributed by atoms with E-state index >= 15 is 0 Å². The summed E-state index contributed by atoms with van der Waals surface area (Å²) in [6, 6.07) is 4.09. The predicted octanol–water partition coefficient (Wildman–Crippen LogP) is 3.60. The third kappa shape index (κ3) is 2.99. The molecule has 0 saturated heterocycles. The highest BCUT2D eigenvalue weighted by Gasteiger charge is 2.12. The zero-order valence-electron chi connectivity index (χ0n) is 11.1. The molecule has 0 saturated carbocycles. The molecule has 19 heavy (non-hydrogen) atoms. The second kappa shape index (κ2) is 5.22. The predicted molar refractivity (Wildman–Crippen MR) is 69.1 cm³/mol. The number of Topliss-reactive ketones (excluding diaryl/α,β-unsaturated/α-hetero) is 1. The van der Waals surface area contributed by atoms with Crippen LogP contribution in [-0.2, 0) is 0 Å². The molecule has 0 bridgehead atoms. The summed E-state index contributed by atoms with van der Waals surface area (Å²) in [6.45, 7) is 5.37. The Hall–Kier alpha value is -2.17. The Balaban J connectivity index is 2.29. The van der Waals surface area contributed by atoms with Crippen LogP contribution < -0.4 is 4.74 Å². The van der Waals surface area contributed by atoms with Crippen molar-refractivity contribution in [2.24, 2.45) is 0 Å². The molecule has 4 nitrogen and oxygen atoms in total. The molecule has 2 rings (SSSR count). The lowest BCUT2D eigenvalue weighted by Crippen LogP contribution is -2.00. The van der Waals surface area contributed by atoms with Gasteiger partial charge in [-0.1, -0.05) is 0 Å². The van der Waals surface area contributed by atoms with Crippen molar-refractivity contribution >= 4 is 5.78 Å². The van der Waals surface area contributed by atoms with Gasteiger partial charge < -0.3 is 4.74 Å². The van der Waals surface area contributed by atoms with E-state index in [0.717, 1.165) is 0 Å². The largest absolute Gasteiger partial charge is 0.453 e. The highest BCUT2D eigenvalue weighted by Crippen LogP contribution is 2.26. The van der Waals surface area contributed by atoms with Crippen LogP contribution in [0.2, 0.25) is 0 Å². The number of hydrogen-bond donors (Lipinski definition) is 0. The second-order valence-electron chi connectivity index (χ2n) is 4.55. The molecule has 0 radical (unpaired) electrons. The summed E-state index contributed by atoms with van der Waals surface area (Å²) in [7, 11) is 0. The second-order valence-corrected chi connectivity index (χ2v) is 4.55. The molecule has 0 fully saturated rings. The average Bonchev–Trinajstić information content (AvgIpc) is 2.80. The fraction of sp³-hybridized carbons (Fsp3) is 0.286. The zero-order chi connectivity index (χ0) is 14.0. The molecule has 1 aromatic heterocycles. The van der Waals surface area contributed by atoms with Crippen molar-refractivity contribution in [3.05, 3.63) is 42.0 Å². The summed E-state index contributed by atoms with van der Waals surface area (Å²) in [5.74, 6) is 0.140. The smallest absolute Gasteiger partial charge is 0.165 e. The fourth-order valence-electron chi connectivity index (χ4n) is 1.65. The van der Waals surface area contributed by atoms with Crippen molar-refractivity contribution in [3.8, 4) is 11.5 Å². The van der Waals surface area contributed by atoms with Gasteiger partial charge in [0.1, 0.15) is 11.6 Å². The van der Waals surface area contributed by atoms with Gasteiger partial charge in [-0.2, -0.15) is 5.10 Å². The number of ether oxygens (including phenoxy) is 1. The Morgan fingerprint density at radius 3 is 2.74 bits per heavy atom. The van der Waals surface area contributed by atoms with Crippen LogP contribution in [0.4, 0.5) is 4.39 Å². The minimum absolute atomic E-state index is 0.220. The Kier molecular flexibility index (Phi) is 3.64. The maximum atomic E-state index is 13.1. The van der Waals surface area contributed by atoms with E-state index in [-0.39, 0.29) is 17.4 Å². The van der Waals surface area contributed by atoms with Crippen molar-refractivity contribution in [2.45, 2.75) is 26.8 Å². The number of hydrogen-bond acceptors (Lipinski definition) is 3. The summed E-state index contributed by atoms with van der Waals surface area (Å²) in [5, 5.41) is 4.14. The zero-order valence-corrected chi connectivity index (χ0v) is 11.1. The van der Waals surface area contributed by atoms with Crippen LogP contribution in [0.25, 0.3) is 0 Å². The summed E-state index contributed by atoms with van der Waals surface area (Å²) in [6.07, 6.45) is 3.30. The molecule has 0 aliphatic carbocycles. The third-order valence-electron chi connectivity index (χ3n) is 2.66. The van der Waals surface area contributed by atoms with E-state index in [4.69, 9.17) is 4.74 Å². The van der Waals surface area contributed by atoms with Gasteiger partial charge >= 0.3 is 0 Å². The Labute approximate surface area is 110 Å². The van der Waals surface area contributed by atoms with Gasteiger partial charge in [0.2, 0.25) is 0 Å². The van der Waals surface area contributed by atoms with Crippen molar-refractivity contribution in [1.29, 1.82) is 0 Å². The first kappa shape index (κ1) is 13.3. The van der Waals surface area contributed by atoms with E-state index in [9.17, 15) is 9.18 Å². The van der Waals surface area contributed by atoms with Gasteiger partial charge in [-0.05, 0) is 39.0 Å². The van der Waals surface area contributed by atoms with Crippen molar-refractivity contribution < 1.29 is 13.9 Å². The van der Waals surface area contributed by atoms with Gasteiger partial charge in [0.05, 0.1) is 18.0 Å². The lowest BCUT2D eigenvalue weighted by Gasteiger charge is -2.07. The molecule has 0 spiro atoms. The molecule has 0 N–H and O–H groups in total. The highest BCUT2D eigenvalue weighted by molar-refractivity contribution is 5.96. The number of carbonyl (C=O) groups is 1. The number of ketones is 1. The minimum Gasteiger partial charge on any atom is -0.453 e. The van der Waals surface area contributed by atoms with E-state index in [2.05, 4.69) is 5.10 Å². The molecule has 5 heteroatoms. The number of rotatable bonds is 4. The Morgan fingerprint density at radius 1 is 1.42 bits per heavy atom. The van der Waals surface area contributed by atoms with Crippen LogP contribution in [0.1, 0.15) is 37.2 Å². The highest BCUT2D eigenvalue weighted by atomic mass is 19.1. The van der Waals surface area contributed by atoms with Crippen LogP contribution in [0.3, 0.4) is 0 Å². The molecule has 0 aliphatic rings. The molecule has 2 aromatic rings. The molecule has 0 aliphatic heterocycles. The van der Waals surface area contributed by atoms with Crippen LogP contribution in [0.5, 0.6) is 11.5 Å². The number of halogens is 1. The summed E-state index contributed by atoms with van der Waals surface area (Å²) in [4.78, 5) is 11.5. The number of aromatic nitrogens is 2. The van der Waals surface area contributed by atoms with Crippen LogP contribution in [-0.4, -0.2) is 15.6 Å². The lowest BCUT2D eigenvalue weighted by atomic mass is 10.1. The van der Waals surface area contributed by atoms with E-state index in [0.29, 0.717) is 11.5 Å². The Morgan fingerprint density at radius 2 is 2.16 bits per heavy atom. The van der Waals surface area contributed by atoms with E-state index < -0.39 is 5.82 Å². The minimum atomic E-state index is -0.463. The topological polar surface area (TPSA) is 44.1 Å². The Bertz CT molecular complexity index is 605. The molecule has 1 aromatic carbocycles. The van der Waals surface area contributed by atoms with Gasteiger partial charge in [0.25, 0.3) is 0 Å². The molecule has 0 unspecified atom stereocenters. The van der Waals surface area contributed by atoms with Crippen molar-refractivity contribution in [2.75, 3.05) is 0 Å². The van der Waals surface area contributed by atoms with E-state index in [1.165, 1.54) is 25.1 Å². The van der Waals surface area contributed by atoms with Gasteiger partial charge in [0, 0.05) is 6.04 Å². The molecule has 1 heterocycles. The van der Waals surface area contributed by atoms with Gasteiger partial charge in [-0.25, -0.2) is 4.39 Å². The molecule has 100 valence electrons. The lowest BCUT2D eigenvalue weighted by molar-refractivity contribution is 0.101. The molecular weight excluding hydrogens is 247 g/mol. The number of benzene rings is 1. The van der Waals surface area contributed by atoms with Crippen LogP contribution in [0.15, 0.2) is 30.6 Å². The fourth-order valence-corrected chi connectivity index (χ4v) is 1.65. The first-order valence-electron chi connectivity index (χ1n) is 6.00. The average molecular weight is 262 g/mol. The summed E-state index contributed by atoms with van der Waals surface area (Å²) in [5.41, 5.74) is 0.220. The first-order chi connectivity index (χ1) is 8.97. The number of carbonyl (C=O) groups excluding carboxylic acids is 1. The quantitative estimate of drug-likeness (QED) is 0.791. The molecule has 0 atom stereocenters. The van der Waals surface area contributed by atoms with Gasteiger partial charge in [-0.15, -0.1) is 0 Å². The number of nitrogens with zero attached hydrogens (tertiary/aromatic N) is 2. The maximum Gasteiger partial charge on any atom is 0.165 e. The third-order valence-corrected chi connectivity index (χ3v) is 2.66. The maximum absolute atomic E-state index is 13.1. The van der Waals surface area contributed by atoms with E-state index in [1.54, 1.807) is 17.1 Å². The SMILES string of the molecule is CC(=O)c1cc(F)ccc1Oc1cnn(C(C)C)c1. The monoisotopic (exact) mass is 262 g/mol. The summed E-state index contributed by atoms with van der Waals surface area (Å²) >= 11 is 0. The van der Waals surface area contributed by atoms with Crippen molar-refractivity contribution in [1.82, 2.24) is 9.78 Å². The van der Waals surface area contributed by atoms with Gasteiger partial charge in [0.15, 0.2) is 11.5 Å². The van der Waals surface area contributed by atoms with E-state index in [1.807, 2.05) is 13.8 Å².